The number of likely N-dealkylation sites (tertiary alicyclic amines) is 1. The summed E-state index contributed by atoms with van der Waals surface area (Å²) in [5.74, 6) is 0.850. The Bertz CT molecular complexity index is 496. The second-order valence-electron chi connectivity index (χ2n) is 7.13. The van der Waals surface area contributed by atoms with Crippen LogP contribution < -0.4 is 4.90 Å². The van der Waals surface area contributed by atoms with Gasteiger partial charge in [0.1, 0.15) is 5.82 Å². The van der Waals surface area contributed by atoms with Crippen molar-refractivity contribution >= 4 is 5.69 Å². The molecule has 2 aliphatic heterocycles. The minimum atomic E-state index is -0.151. The Hall–Kier alpha value is -1.13. The van der Waals surface area contributed by atoms with Gasteiger partial charge in [-0.1, -0.05) is 0 Å². The van der Waals surface area contributed by atoms with E-state index in [0.717, 1.165) is 43.8 Å². The van der Waals surface area contributed by atoms with Crippen LogP contribution in [0.5, 0.6) is 0 Å². The molecular formula is C18H26FN3. The van der Waals surface area contributed by atoms with Crippen molar-refractivity contribution in [3.05, 3.63) is 30.1 Å². The first-order valence-corrected chi connectivity index (χ1v) is 8.75. The number of piperazine rings is 1. The van der Waals surface area contributed by atoms with Crippen LogP contribution in [0, 0.1) is 11.7 Å². The fraction of sp³-hybridized carbons (Fsp3) is 0.667. The number of piperidine rings is 1. The molecule has 0 unspecified atom stereocenters. The highest BCUT2D eigenvalue weighted by molar-refractivity contribution is 5.46. The molecule has 3 nitrogen and oxygen atoms in total. The first kappa shape index (κ1) is 14.5. The number of benzene rings is 1. The van der Waals surface area contributed by atoms with Crippen molar-refractivity contribution in [1.82, 2.24) is 9.80 Å². The number of rotatable bonds is 4. The van der Waals surface area contributed by atoms with Gasteiger partial charge in [0, 0.05) is 57.5 Å². The van der Waals surface area contributed by atoms with Gasteiger partial charge >= 0.3 is 0 Å². The molecule has 4 rings (SSSR count). The first-order chi connectivity index (χ1) is 10.8. The van der Waals surface area contributed by atoms with Crippen molar-refractivity contribution in [2.75, 3.05) is 50.7 Å². The Balaban J connectivity index is 1.23. The van der Waals surface area contributed by atoms with Gasteiger partial charge in [-0.15, -0.1) is 0 Å². The maximum Gasteiger partial charge on any atom is 0.123 e. The van der Waals surface area contributed by atoms with Gasteiger partial charge in [-0.05, 0) is 49.4 Å². The summed E-state index contributed by atoms with van der Waals surface area (Å²) in [5, 5.41) is 0. The number of nitrogens with zero attached hydrogens (tertiary/aromatic N) is 3. The zero-order valence-corrected chi connectivity index (χ0v) is 13.3. The Morgan fingerprint density at radius 1 is 0.955 bits per heavy atom. The van der Waals surface area contributed by atoms with E-state index in [9.17, 15) is 4.39 Å². The zero-order chi connectivity index (χ0) is 14.9. The average Bonchev–Trinajstić information content (AvgIpc) is 3.17. The lowest BCUT2D eigenvalue weighted by atomic mass is 10.1. The molecule has 2 heterocycles. The van der Waals surface area contributed by atoms with Crippen molar-refractivity contribution < 1.29 is 4.39 Å². The molecule has 1 aromatic carbocycles. The number of hydrogen-bond acceptors (Lipinski definition) is 3. The molecule has 3 aliphatic rings. The van der Waals surface area contributed by atoms with E-state index >= 15 is 0 Å². The normalized spacial score (nSPS) is 29.4. The lowest BCUT2D eigenvalue weighted by molar-refractivity contribution is 0.167. The van der Waals surface area contributed by atoms with Crippen LogP contribution in [0.15, 0.2) is 24.3 Å². The monoisotopic (exact) mass is 303 g/mol. The van der Waals surface area contributed by atoms with E-state index in [4.69, 9.17) is 0 Å². The topological polar surface area (TPSA) is 9.72 Å². The molecule has 3 fully saturated rings. The van der Waals surface area contributed by atoms with Crippen LogP contribution in [0.4, 0.5) is 10.1 Å². The molecule has 1 aliphatic carbocycles. The van der Waals surface area contributed by atoms with Crippen LogP contribution in [0.3, 0.4) is 0 Å². The minimum Gasteiger partial charge on any atom is -0.369 e. The van der Waals surface area contributed by atoms with E-state index in [1.54, 1.807) is 12.1 Å². The maximum absolute atomic E-state index is 13.0. The minimum absolute atomic E-state index is 0.151. The molecule has 120 valence electrons. The highest BCUT2D eigenvalue weighted by atomic mass is 19.1. The van der Waals surface area contributed by atoms with Crippen LogP contribution in [0.1, 0.15) is 19.3 Å². The van der Waals surface area contributed by atoms with Gasteiger partial charge in [0.05, 0.1) is 0 Å². The summed E-state index contributed by atoms with van der Waals surface area (Å²) in [6.45, 7) is 8.16. The third-order valence-electron chi connectivity index (χ3n) is 5.79. The van der Waals surface area contributed by atoms with Crippen LogP contribution in [0.25, 0.3) is 0 Å². The maximum atomic E-state index is 13.0. The lowest BCUT2D eigenvalue weighted by Gasteiger charge is -2.37. The summed E-state index contributed by atoms with van der Waals surface area (Å²) in [7, 11) is 0. The Labute approximate surface area is 132 Å². The van der Waals surface area contributed by atoms with E-state index in [2.05, 4.69) is 14.7 Å². The first-order valence-electron chi connectivity index (χ1n) is 8.75. The molecule has 1 aromatic rings. The van der Waals surface area contributed by atoms with Crippen LogP contribution in [-0.2, 0) is 0 Å². The largest absolute Gasteiger partial charge is 0.369 e. The van der Waals surface area contributed by atoms with Crippen molar-refractivity contribution in [3.8, 4) is 0 Å². The number of fused-ring (bicyclic) bond motifs is 2. The molecule has 22 heavy (non-hydrogen) atoms. The van der Waals surface area contributed by atoms with E-state index in [1.807, 2.05) is 12.1 Å². The highest BCUT2D eigenvalue weighted by Crippen LogP contribution is 2.36. The molecular weight excluding hydrogens is 277 g/mol. The van der Waals surface area contributed by atoms with Crippen LogP contribution in [-0.4, -0.2) is 61.7 Å². The highest BCUT2D eigenvalue weighted by Gasteiger charge is 2.37. The predicted octanol–water partition coefficient (Wildman–Crippen LogP) is 2.43. The molecule has 1 saturated carbocycles. The van der Waals surface area contributed by atoms with Gasteiger partial charge in [-0.2, -0.15) is 0 Å². The number of hydrogen-bond donors (Lipinski definition) is 0. The summed E-state index contributed by atoms with van der Waals surface area (Å²) in [6.07, 6.45) is 4.36. The van der Waals surface area contributed by atoms with E-state index in [0.29, 0.717) is 0 Å². The fourth-order valence-electron chi connectivity index (χ4n) is 4.45. The second-order valence-corrected chi connectivity index (χ2v) is 7.13. The van der Waals surface area contributed by atoms with Gasteiger partial charge in [0.25, 0.3) is 0 Å². The van der Waals surface area contributed by atoms with Crippen molar-refractivity contribution in [1.29, 1.82) is 0 Å². The second kappa shape index (κ2) is 6.17. The molecule has 0 spiro atoms. The van der Waals surface area contributed by atoms with Crippen LogP contribution >= 0.6 is 0 Å². The molecule has 2 saturated heterocycles. The number of halogens is 1. The summed E-state index contributed by atoms with van der Waals surface area (Å²) >= 11 is 0. The summed E-state index contributed by atoms with van der Waals surface area (Å²) in [5.41, 5.74) is 1.15. The quantitative estimate of drug-likeness (QED) is 0.846. The van der Waals surface area contributed by atoms with Gasteiger partial charge < -0.3 is 4.90 Å². The third-order valence-corrected chi connectivity index (χ3v) is 5.79. The smallest absolute Gasteiger partial charge is 0.123 e. The summed E-state index contributed by atoms with van der Waals surface area (Å²) in [6, 6.07) is 7.80. The summed E-state index contributed by atoms with van der Waals surface area (Å²) < 4.78 is 13.0. The van der Waals surface area contributed by atoms with Crippen LogP contribution in [0.2, 0.25) is 0 Å². The molecule has 0 amide bonds. The Morgan fingerprint density at radius 2 is 1.73 bits per heavy atom. The van der Waals surface area contributed by atoms with E-state index in [1.165, 1.54) is 38.9 Å². The zero-order valence-electron chi connectivity index (χ0n) is 13.3. The van der Waals surface area contributed by atoms with E-state index in [-0.39, 0.29) is 5.82 Å². The van der Waals surface area contributed by atoms with Crippen molar-refractivity contribution in [2.45, 2.75) is 25.3 Å². The van der Waals surface area contributed by atoms with Crippen molar-refractivity contribution in [3.63, 3.8) is 0 Å². The standard InChI is InChI=1S/C18H26FN3/c19-16-2-5-17(6-3-16)21-10-7-20(8-11-21)9-12-22-14-15-1-4-18(22)13-15/h2-3,5-6,15,18H,1,4,7-14H2/t15-,18+/m0/s1. The molecule has 4 heteroatoms. The molecule has 2 atom stereocenters. The van der Waals surface area contributed by atoms with Gasteiger partial charge in [0.2, 0.25) is 0 Å². The third kappa shape index (κ3) is 2.99. The van der Waals surface area contributed by atoms with Crippen molar-refractivity contribution in [2.24, 2.45) is 5.92 Å². The SMILES string of the molecule is Fc1ccc(N2CCN(CCN3C[C@H]4CC[C@@H]3C4)CC2)cc1. The molecule has 0 radical (unpaired) electrons. The van der Waals surface area contributed by atoms with E-state index < -0.39 is 0 Å². The average molecular weight is 303 g/mol. The van der Waals surface area contributed by atoms with Gasteiger partial charge in [-0.3, -0.25) is 9.80 Å². The van der Waals surface area contributed by atoms with Gasteiger partial charge in [-0.25, -0.2) is 4.39 Å². The predicted molar refractivity (Wildman–Crippen MR) is 87.8 cm³/mol. The molecule has 2 bridgehead atoms. The molecule has 0 N–H and O–H groups in total. The Kier molecular flexibility index (Phi) is 4.05. The molecule has 0 aromatic heterocycles. The lowest BCUT2D eigenvalue weighted by Crippen LogP contribution is -2.49. The number of anilines is 1. The fourth-order valence-corrected chi connectivity index (χ4v) is 4.45. The summed E-state index contributed by atoms with van der Waals surface area (Å²) in [4.78, 5) is 7.68. The Morgan fingerprint density at radius 3 is 2.36 bits per heavy atom. The van der Waals surface area contributed by atoms with Gasteiger partial charge in [0.15, 0.2) is 0 Å².